The Kier molecular flexibility index (Phi) is 17.5. The summed E-state index contributed by atoms with van der Waals surface area (Å²) in [7, 11) is -4.96. The van der Waals surface area contributed by atoms with Gasteiger partial charge >= 0.3 is 17.9 Å². The zero-order valence-corrected chi connectivity index (χ0v) is 22.4. The average molecular weight is 520 g/mol. The zero-order chi connectivity index (χ0) is 26.7. The summed E-state index contributed by atoms with van der Waals surface area (Å²) in [6, 6.07) is 0. The number of carbonyl (C=O) groups is 3. The van der Waals surface area contributed by atoms with Crippen molar-refractivity contribution in [3.8, 4) is 0 Å². The van der Waals surface area contributed by atoms with E-state index in [-0.39, 0.29) is 6.42 Å². The molecule has 0 bridgehead atoms. The van der Waals surface area contributed by atoms with Crippen molar-refractivity contribution >= 4 is 28.0 Å². The third kappa shape index (κ3) is 20.1. The topological polar surface area (TPSA) is 150 Å². The van der Waals surface area contributed by atoms with Crippen molar-refractivity contribution in [3.63, 3.8) is 0 Å². The summed E-state index contributed by atoms with van der Waals surface area (Å²) in [6.45, 7) is 4.81. The molecule has 0 saturated carbocycles. The Bertz CT molecular complexity index is 756. The molecule has 9 nitrogen and oxygen atoms in total. The maximum Gasteiger partial charge on any atom is 0.329 e. The number of hydrogen-bond acceptors (Lipinski definition) is 8. The summed E-state index contributed by atoms with van der Waals surface area (Å²) < 4.78 is 41.3. The number of nitrogens with two attached hydrogens (primary N) is 1. The minimum Gasteiger partial charge on any atom is -0.444 e. The molecule has 0 radical (unpaired) electrons. The fourth-order valence-electron chi connectivity index (χ4n) is 3.35. The highest BCUT2D eigenvalue weighted by atomic mass is 32.2. The van der Waals surface area contributed by atoms with E-state index in [1.807, 2.05) is 0 Å². The second-order valence-corrected chi connectivity index (χ2v) is 11.0. The molecule has 0 aliphatic rings. The van der Waals surface area contributed by atoms with Crippen molar-refractivity contribution in [1.82, 2.24) is 0 Å². The Morgan fingerprint density at radius 3 is 1.83 bits per heavy atom. The molecule has 0 spiro atoms. The standard InChI is InChI=1S/C25H45NO8S/c1-4-5-6-7-8-9-10-11-12-13-14-15-16-17-18-19-22(27)33-23(28)20-21(35(30,31)32)24(29)34-25(2,3)26/h11-12,21H,4-10,13-20,26H2,1-3H3,(H,30,31,32)/b12-11-. The van der Waals surface area contributed by atoms with Crippen molar-refractivity contribution in [2.45, 2.75) is 128 Å². The van der Waals surface area contributed by atoms with E-state index in [1.54, 1.807) is 0 Å². The molecule has 35 heavy (non-hydrogen) atoms. The van der Waals surface area contributed by atoms with Crippen LogP contribution in [-0.2, 0) is 34.0 Å². The van der Waals surface area contributed by atoms with E-state index in [2.05, 4.69) is 23.8 Å². The Labute approximate surface area is 210 Å². The predicted octanol–water partition coefficient (Wildman–Crippen LogP) is 4.98. The van der Waals surface area contributed by atoms with Crippen molar-refractivity contribution in [2.24, 2.45) is 5.73 Å². The van der Waals surface area contributed by atoms with E-state index >= 15 is 0 Å². The third-order valence-corrected chi connectivity index (χ3v) is 6.29. The van der Waals surface area contributed by atoms with E-state index in [0.29, 0.717) is 6.42 Å². The zero-order valence-electron chi connectivity index (χ0n) is 21.6. The summed E-state index contributed by atoms with van der Waals surface area (Å²) in [4.78, 5) is 35.6. The number of allylic oxidation sites excluding steroid dienone is 2. The van der Waals surface area contributed by atoms with Gasteiger partial charge in [-0.15, -0.1) is 0 Å². The molecule has 0 amide bonds. The van der Waals surface area contributed by atoms with Gasteiger partial charge in [0.25, 0.3) is 10.1 Å². The highest BCUT2D eigenvalue weighted by Gasteiger charge is 2.38. The van der Waals surface area contributed by atoms with Crippen LogP contribution in [0.3, 0.4) is 0 Å². The van der Waals surface area contributed by atoms with Gasteiger partial charge in [0.1, 0.15) is 0 Å². The van der Waals surface area contributed by atoms with Gasteiger partial charge in [-0.2, -0.15) is 8.42 Å². The van der Waals surface area contributed by atoms with E-state index < -0.39 is 45.4 Å². The number of unbranched alkanes of at least 4 members (excludes halogenated alkanes) is 11. The number of ether oxygens (including phenoxy) is 2. The van der Waals surface area contributed by atoms with Gasteiger partial charge in [-0.1, -0.05) is 70.4 Å². The molecular weight excluding hydrogens is 474 g/mol. The minimum absolute atomic E-state index is 0.000712. The number of carbonyl (C=O) groups excluding carboxylic acids is 3. The van der Waals surface area contributed by atoms with Gasteiger partial charge in [-0.3, -0.25) is 24.7 Å². The molecular formula is C25H45NO8S. The van der Waals surface area contributed by atoms with Crippen molar-refractivity contribution in [2.75, 3.05) is 0 Å². The lowest BCUT2D eigenvalue weighted by Crippen LogP contribution is -2.44. The highest BCUT2D eigenvalue weighted by Crippen LogP contribution is 2.14. The first-order chi connectivity index (χ1) is 16.4. The van der Waals surface area contributed by atoms with Gasteiger partial charge in [0.05, 0.1) is 6.42 Å². The van der Waals surface area contributed by atoms with Crippen LogP contribution in [0.15, 0.2) is 12.2 Å². The van der Waals surface area contributed by atoms with Crippen molar-refractivity contribution < 1.29 is 36.8 Å². The summed E-state index contributed by atoms with van der Waals surface area (Å²) >= 11 is 0. The minimum atomic E-state index is -4.96. The number of rotatable bonds is 20. The quantitative estimate of drug-likeness (QED) is 0.0567. The van der Waals surface area contributed by atoms with Crippen LogP contribution in [0.4, 0.5) is 0 Å². The number of esters is 3. The summed E-state index contributed by atoms with van der Waals surface area (Å²) in [5, 5.41) is -2.22. The van der Waals surface area contributed by atoms with Crippen LogP contribution in [0.25, 0.3) is 0 Å². The monoisotopic (exact) mass is 519 g/mol. The first-order valence-electron chi connectivity index (χ1n) is 12.7. The molecule has 10 heteroatoms. The Hall–Kier alpha value is -1.78. The SMILES string of the molecule is CCCCCCCC/C=C\CCCCCCCC(=O)OC(=O)CC(C(=O)OC(C)(C)N)S(=O)(=O)O. The van der Waals surface area contributed by atoms with Crippen molar-refractivity contribution in [3.05, 3.63) is 12.2 Å². The number of hydrogen-bond donors (Lipinski definition) is 2. The summed E-state index contributed by atoms with van der Waals surface area (Å²) in [6.07, 6.45) is 17.9. The highest BCUT2D eigenvalue weighted by molar-refractivity contribution is 7.87. The fraction of sp³-hybridized carbons (Fsp3) is 0.800. The van der Waals surface area contributed by atoms with Gasteiger partial charge < -0.3 is 9.47 Å². The maximum atomic E-state index is 11.9. The van der Waals surface area contributed by atoms with Crippen LogP contribution in [0, 0.1) is 0 Å². The molecule has 0 rings (SSSR count). The molecule has 0 aliphatic heterocycles. The Morgan fingerprint density at radius 1 is 0.857 bits per heavy atom. The Balaban J connectivity index is 3.97. The van der Waals surface area contributed by atoms with Gasteiger partial charge in [0.2, 0.25) is 0 Å². The van der Waals surface area contributed by atoms with Crippen LogP contribution >= 0.6 is 0 Å². The molecule has 0 aromatic carbocycles. The van der Waals surface area contributed by atoms with Crippen LogP contribution in [0.2, 0.25) is 0 Å². The molecule has 0 heterocycles. The molecule has 0 aliphatic carbocycles. The van der Waals surface area contributed by atoms with E-state index in [9.17, 15) is 27.4 Å². The van der Waals surface area contributed by atoms with Gasteiger partial charge in [-0.25, -0.2) is 0 Å². The smallest absolute Gasteiger partial charge is 0.329 e. The maximum absolute atomic E-state index is 11.9. The van der Waals surface area contributed by atoms with Crippen LogP contribution < -0.4 is 5.73 Å². The van der Waals surface area contributed by atoms with E-state index in [0.717, 1.165) is 38.5 Å². The fourth-order valence-corrected chi connectivity index (χ4v) is 3.98. The normalized spacial score (nSPS) is 13.1. The lowest BCUT2D eigenvalue weighted by Gasteiger charge is -2.22. The van der Waals surface area contributed by atoms with Gasteiger partial charge in [-0.05, 0) is 46.0 Å². The largest absolute Gasteiger partial charge is 0.444 e. The molecule has 1 unspecified atom stereocenters. The second-order valence-electron chi connectivity index (χ2n) is 9.41. The molecule has 204 valence electrons. The van der Waals surface area contributed by atoms with Crippen LogP contribution in [-0.4, -0.2) is 41.9 Å². The van der Waals surface area contributed by atoms with Crippen LogP contribution in [0.5, 0.6) is 0 Å². The van der Waals surface area contributed by atoms with Crippen molar-refractivity contribution in [1.29, 1.82) is 0 Å². The molecule has 0 saturated heterocycles. The second kappa shape index (κ2) is 18.5. The first kappa shape index (κ1) is 33.2. The first-order valence-corrected chi connectivity index (χ1v) is 14.2. The summed E-state index contributed by atoms with van der Waals surface area (Å²) in [5.74, 6) is -3.45. The third-order valence-electron chi connectivity index (χ3n) is 5.21. The lowest BCUT2D eigenvalue weighted by atomic mass is 10.1. The molecule has 0 fully saturated rings. The van der Waals surface area contributed by atoms with E-state index in [4.69, 9.17) is 10.5 Å². The molecule has 1 atom stereocenters. The average Bonchev–Trinajstić information content (AvgIpc) is 2.72. The molecule has 0 aromatic rings. The van der Waals surface area contributed by atoms with E-state index in [1.165, 1.54) is 52.4 Å². The van der Waals surface area contributed by atoms with Gasteiger partial charge in [0, 0.05) is 6.42 Å². The summed E-state index contributed by atoms with van der Waals surface area (Å²) in [5.41, 5.74) is 3.97. The molecule has 3 N–H and O–H groups in total. The molecule has 0 aromatic heterocycles. The lowest BCUT2D eigenvalue weighted by molar-refractivity contribution is -0.164. The van der Waals surface area contributed by atoms with Crippen LogP contribution in [0.1, 0.15) is 117 Å². The Morgan fingerprint density at radius 2 is 1.34 bits per heavy atom. The van der Waals surface area contributed by atoms with Gasteiger partial charge in [0.15, 0.2) is 11.0 Å². The predicted molar refractivity (Wildman–Crippen MR) is 135 cm³/mol.